The van der Waals surface area contributed by atoms with Crippen LogP contribution < -0.4 is 16.3 Å². The summed E-state index contributed by atoms with van der Waals surface area (Å²) < 4.78 is 7.45. The lowest BCUT2D eigenvalue weighted by molar-refractivity contribution is -0.134. The molecule has 2 aliphatic carbocycles. The van der Waals surface area contributed by atoms with Gasteiger partial charge in [0.15, 0.2) is 0 Å². The normalized spacial score (nSPS) is 18.4. The lowest BCUT2D eigenvalue weighted by Crippen LogP contribution is -2.33. The number of hydrogen-bond acceptors (Lipinski definition) is 5. The Balaban J connectivity index is 0.000000279. The first-order valence-corrected chi connectivity index (χ1v) is 8.38. The van der Waals surface area contributed by atoms with Crippen molar-refractivity contribution in [2.75, 3.05) is 7.11 Å². The summed E-state index contributed by atoms with van der Waals surface area (Å²) in [7, 11) is 1.71. The highest BCUT2D eigenvalue weighted by Crippen LogP contribution is 2.32. The zero-order valence-corrected chi connectivity index (χ0v) is 15.4. The fourth-order valence-electron chi connectivity index (χ4n) is 2.97. The molecule has 1 heterocycles. The first-order chi connectivity index (χ1) is 12.7. The van der Waals surface area contributed by atoms with Crippen molar-refractivity contribution in [3.8, 4) is 0 Å². The number of hydrogen-bond donors (Lipinski definition) is 3. The number of nitrogens with zero attached hydrogens (tertiary/aromatic N) is 2. The minimum Gasteiger partial charge on any atom is -0.496 e. The van der Waals surface area contributed by atoms with Crippen molar-refractivity contribution in [2.45, 2.75) is 26.4 Å². The molecule has 144 valence electrons. The average molecular weight is 373 g/mol. The minimum atomic E-state index is -1.26. The van der Waals surface area contributed by atoms with Crippen molar-refractivity contribution in [1.82, 2.24) is 9.78 Å². The molecule has 8 nitrogen and oxygen atoms in total. The van der Waals surface area contributed by atoms with E-state index in [0.29, 0.717) is 18.1 Å². The molecule has 2 unspecified atom stereocenters. The van der Waals surface area contributed by atoms with Gasteiger partial charge < -0.3 is 20.7 Å². The molecule has 0 amide bonds. The van der Waals surface area contributed by atoms with E-state index in [2.05, 4.69) is 30.3 Å². The monoisotopic (exact) mass is 373 g/mol. The standard InChI is InChI=1S/C15H19N3O.C4H4O4/c1-9-4-5-14(19-3)11-6-13-12(15(9)11)7-17-18(13)8-10(2)16;5-3(6)1-2-4(7)8/h4-7,9-10H,8,16H2,1-3H3;1-2H,(H,5,6)(H,7,8)/b;2-1+. The van der Waals surface area contributed by atoms with Crippen molar-refractivity contribution in [3.05, 3.63) is 52.4 Å². The predicted molar refractivity (Wildman–Crippen MR) is 99.8 cm³/mol. The molecule has 1 aromatic rings. The van der Waals surface area contributed by atoms with Crippen LogP contribution in [-0.2, 0) is 20.9 Å². The first-order valence-electron chi connectivity index (χ1n) is 8.38. The molecule has 0 fully saturated rings. The van der Waals surface area contributed by atoms with Crippen LogP contribution in [-0.4, -0.2) is 45.1 Å². The number of carbonyl (C=O) groups is 2. The van der Waals surface area contributed by atoms with Crippen LogP contribution in [0.2, 0.25) is 0 Å². The number of rotatable bonds is 5. The highest BCUT2D eigenvalue weighted by molar-refractivity contribution is 5.89. The molecule has 27 heavy (non-hydrogen) atoms. The summed E-state index contributed by atoms with van der Waals surface area (Å²) in [6.07, 6.45) is 9.45. The molecule has 3 rings (SSSR count). The zero-order valence-electron chi connectivity index (χ0n) is 15.4. The lowest BCUT2D eigenvalue weighted by Gasteiger charge is -2.18. The van der Waals surface area contributed by atoms with Gasteiger partial charge in [-0.15, -0.1) is 0 Å². The maximum Gasteiger partial charge on any atom is 0.328 e. The highest BCUT2D eigenvalue weighted by atomic mass is 16.5. The number of nitrogens with two attached hydrogens (primary N) is 1. The van der Waals surface area contributed by atoms with Gasteiger partial charge >= 0.3 is 11.9 Å². The van der Waals surface area contributed by atoms with Crippen LogP contribution in [0.15, 0.2) is 41.8 Å². The van der Waals surface area contributed by atoms with E-state index in [9.17, 15) is 9.59 Å². The van der Waals surface area contributed by atoms with Crippen LogP contribution in [0, 0.1) is 5.92 Å². The summed E-state index contributed by atoms with van der Waals surface area (Å²) in [5, 5.41) is 22.4. The van der Waals surface area contributed by atoms with Gasteiger partial charge in [-0.1, -0.05) is 13.0 Å². The van der Waals surface area contributed by atoms with Crippen molar-refractivity contribution >= 4 is 23.6 Å². The number of allylic oxidation sites excluding steroid dienone is 3. The maximum absolute atomic E-state index is 9.55. The molecule has 1 aromatic heterocycles. The van der Waals surface area contributed by atoms with Crippen molar-refractivity contribution in [1.29, 1.82) is 0 Å². The fraction of sp³-hybridized carbons (Fsp3) is 0.316. The summed E-state index contributed by atoms with van der Waals surface area (Å²) in [6, 6.07) is 0.0939. The fourth-order valence-corrected chi connectivity index (χ4v) is 2.97. The molecule has 0 aromatic carbocycles. The Morgan fingerprint density at radius 3 is 2.52 bits per heavy atom. The van der Waals surface area contributed by atoms with Crippen molar-refractivity contribution < 1.29 is 24.5 Å². The van der Waals surface area contributed by atoms with Gasteiger partial charge in [0.1, 0.15) is 5.76 Å². The molecule has 0 saturated carbocycles. The van der Waals surface area contributed by atoms with Crippen LogP contribution >= 0.6 is 0 Å². The largest absolute Gasteiger partial charge is 0.496 e. The Bertz CT molecular complexity index is 934. The number of ether oxygens (including phenoxy) is 1. The van der Waals surface area contributed by atoms with Gasteiger partial charge in [0, 0.05) is 34.9 Å². The van der Waals surface area contributed by atoms with Gasteiger partial charge in [0.25, 0.3) is 0 Å². The van der Waals surface area contributed by atoms with E-state index in [1.807, 2.05) is 17.8 Å². The van der Waals surface area contributed by atoms with Crippen LogP contribution in [0.4, 0.5) is 0 Å². The zero-order chi connectivity index (χ0) is 20.1. The van der Waals surface area contributed by atoms with Gasteiger partial charge in [-0.25, -0.2) is 9.59 Å². The van der Waals surface area contributed by atoms with Crippen LogP contribution in [0.5, 0.6) is 0 Å². The van der Waals surface area contributed by atoms with Gasteiger partial charge in [-0.05, 0) is 24.6 Å². The highest BCUT2D eigenvalue weighted by Gasteiger charge is 2.24. The smallest absolute Gasteiger partial charge is 0.328 e. The molecular weight excluding hydrogens is 350 g/mol. The Hall–Kier alpha value is -3.13. The number of carboxylic acids is 2. The molecule has 0 saturated heterocycles. The predicted octanol–water partition coefficient (Wildman–Crippen LogP) is -0.00670. The van der Waals surface area contributed by atoms with E-state index in [4.69, 9.17) is 20.7 Å². The Labute approximate surface area is 156 Å². The summed E-state index contributed by atoms with van der Waals surface area (Å²) >= 11 is 0. The summed E-state index contributed by atoms with van der Waals surface area (Å²) in [5.74, 6) is -1.20. The number of methoxy groups -OCH3 is 1. The third-order valence-electron chi connectivity index (χ3n) is 4.05. The second kappa shape index (κ2) is 8.50. The third-order valence-corrected chi connectivity index (χ3v) is 4.05. The second-order valence-electron chi connectivity index (χ2n) is 6.30. The molecule has 4 N–H and O–H groups in total. The van der Waals surface area contributed by atoms with Crippen molar-refractivity contribution in [3.63, 3.8) is 0 Å². The number of aliphatic carboxylic acids is 2. The third kappa shape index (κ3) is 4.73. The van der Waals surface area contributed by atoms with Gasteiger partial charge in [0.2, 0.25) is 0 Å². The Morgan fingerprint density at radius 2 is 2.00 bits per heavy atom. The Morgan fingerprint density at radius 1 is 1.37 bits per heavy atom. The molecule has 8 heteroatoms. The number of fused-ring (bicyclic) bond motifs is 2. The second-order valence-corrected chi connectivity index (χ2v) is 6.30. The molecule has 0 radical (unpaired) electrons. The minimum absolute atomic E-state index is 0.0939. The molecular formula is C19H23N3O5. The SMILES string of the molecule is COC1=C2C=c3c(cnn3CC(C)N)=C2C(C)C=C1.O=C(O)/C=C/C(=O)O. The molecule has 0 bridgehead atoms. The maximum atomic E-state index is 9.55. The topological polar surface area (TPSA) is 128 Å². The lowest BCUT2D eigenvalue weighted by atomic mass is 9.90. The van der Waals surface area contributed by atoms with Gasteiger partial charge in [-0.3, -0.25) is 4.68 Å². The van der Waals surface area contributed by atoms with E-state index >= 15 is 0 Å². The van der Waals surface area contributed by atoms with Crippen LogP contribution in [0.3, 0.4) is 0 Å². The number of carboxylic acid groups (broad SMARTS) is 2. The average Bonchev–Trinajstić information content (AvgIpc) is 3.14. The summed E-state index contributed by atoms with van der Waals surface area (Å²) in [6.45, 7) is 4.92. The van der Waals surface area contributed by atoms with E-state index in [1.165, 1.54) is 16.4 Å². The van der Waals surface area contributed by atoms with Crippen LogP contribution in [0.1, 0.15) is 13.8 Å². The Kier molecular flexibility index (Phi) is 6.36. The van der Waals surface area contributed by atoms with Crippen LogP contribution in [0.25, 0.3) is 11.6 Å². The number of aromatic nitrogens is 2. The van der Waals surface area contributed by atoms with E-state index in [0.717, 1.165) is 17.7 Å². The quantitative estimate of drug-likeness (QED) is 0.620. The molecule has 2 aliphatic rings. The summed E-state index contributed by atoms with van der Waals surface area (Å²) in [5.41, 5.74) is 8.37. The van der Waals surface area contributed by atoms with E-state index in [1.54, 1.807) is 7.11 Å². The summed E-state index contributed by atoms with van der Waals surface area (Å²) in [4.78, 5) is 19.1. The van der Waals surface area contributed by atoms with Gasteiger partial charge in [0.05, 0.1) is 25.2 Å². The first kappa shape index (κ1) is 20.2. The van der Waals surface area contributed by atoms with E-state index in [-0.39, 0.29) is 6.04 Å². The van der Waals surface area contributed by atoms with E-state index < -0.39 is 11.9 Å². The van der Waals surface area contributed by atoms with Crippen molar-refractivity contribution in [2.24, 2.45) is 11.7 Å². The molecule has 2 atom stereocenters. The molecule has 0 spiro atoms. The molecule has 0 aliphatic heterocycles. The van der Waals surface area contributed by atoms with Gasteiger partial charge in [-0.2, -0.15) is 5.10 Å².